The SMILES string of the molecule is CN(CC1=CC=CCN1)Cc1ccc(Cl)c(C(F)(F)F)c1. The Labute approximate surface area is 126 Å². The predicted molar refractivity (Wildman–Crippen MR) is 78.0 cm³/mol. The zero-order valence-electron chi connectivity index (χ0n) is 11.5. The van der Waals surface area contributed by atoms with Crippen LogP contribution >= 0.6 is 11.6 Å². The maximum atomic E-state index is 12.8. The quantitative estimate of drug-likeness (QED) is 0.908. The number of halogens is 4. The first-order valence-corrected chi connectivity index (χ1v) is 6.88. The highest BCUT2D eigenvalue weighted by atomic mass is 35.5. The lowest BCUT2D eigenvalue weighted by Gasteiger charge is -2.21. The van der Waals surface area contributed by atoms with Gasteiger partial charge >= 0.3 is 6.18 Å². The molecule has 1 aliphatic heterocycles. The van der Waals surface area contributed by atoms with Gasteiger partial charge in [-0.05, 0) is 30.8 Å². The second kappa shape index (κ2) is 6.54. The molecule has 0 fully saturated rings. The third-order valence-electron chi connectivity index (χ3n) is 3.11. The smallest absolute Gasteiger partial charge is 0.384 e. The van der Waals surface area contributed by atoms with E-state index in [1.807, 2.05) is 30.2 Å². The number of nitrogens with zero attached hydrogens (tertiary/aromatic N) is 1. The van der Waals surface area contributed by atoms with Gasteiger partial charge in [0, 0.05) is 25.3 Å². The van der Waals surface area contributed by atoms with Crippen LogP contribution in [0, 0.1) is 0 Å². The van der Waals surface area contributed by atoms with Crippen molar-refractivity contribution >= 4 is 11.6 Å². The van der Waals surface area contributed by atoms with Crippen LogP contribution in [0.1, 0.15) is 11.1 Å². The van der Waals surface area contributed by atoms with Gasteiger partial charge in [-0.25, -0.2) is 0 Å². The van der Waals surface area contributed by atoms with Gasteiger partial charge in [-0.2, -0.15) is 13.2 Å². The molecule has 1 heterocycles. The average molecular weight is 317 g/mol. The zero-order valence-corrected chi connectivity index (χ0v) is 12.3. The molecule has 1 aliphatic rings. The molecule has 0 atom stereocenters. The first kappa shape index (κ1) is 15.9. The molecule has 0 aliphatic carbocycles. The van der Waals surface area contributed by atoms with Crippen LogP contribution in [0.25, 0.3) is 0 Å². The molecule has 0 unspecified atom stereocenters. The molecule has 1 aromatic carbocycles. The maximum absolute atomic E-state index is 12.8. The van der Waals surface area contributed by atoms with Crippen molar-refractivity contribution in [3.05, 3.63) is 58.3 Å². The normalized spacial score (nSPS) is 15.0. The van der Waals surface area contributed by atoms with E-state index in [4.69, 9.17) is 11.6 Å². The van der Waals surface area contributed by atoms with Gasteiger partial charge in [0.15, 0.2) is 0 Å². The van der Waals surface area contributed by atoms with E-state index in [0.29, 0.717) is 18.7 Å². The summed E-state index contributed by atoms with van der Waals surface area (Å²) in [5.74, 6) is 0. The van der Waals surface area contributed by atoms with Crippen molar-refractivity contribution in [2.45, 2.75) is 12.7 Å². The Balaban J connectivity index is 2.05. The second-order valence-corrected chi connectivity index (χ2v) is 5.39. The van der Waals surface area contributed by atoms with E-state index in [0.717, 1.165) is 18.3 Å². The van der Waals surface area contributed by atoms with Crippen LogP contribution in [0.5, 0.6) is 0 Å². The minimum absolute atomic E-state index is 0.268. The van der Waals surface area contributed by atoms with E-state index in [9.17, 15) is 13.2 Å². The van der Waals surface area contributed by atoms with Crippen LogP contribution in [0.15, 0.2) is 42.1 Å². The predicted octanol–water partition coefficient (Wildman–Crippen LogP) is 3.83. The van der Waals surface area contributed by atoms with Crippen molar-refractivity contribution in [2.24, 2.45) is 0 Å². The molecule has 0 saturated carbocycles. The molecule has 114 valence electrons. The van der Waals surface area contributed by atoms with Crippen LogP contribution in [-0.4, -0.2) is 25.0 Å². The van der Waals surface area contributed by atoms with Gasteiger partial charge in [0.2, 0.25) is 0 Å². The number of hydrogen-bond donors (Lipinski definition) is 1. The van der Waals surface area contributed by atoms with Crippen molar-refractivity contribution in [1.82, 2.24) is 10.2 Å². The largest absolute Gasteiger partial charge is 0.417 e. The summed E-state index contributed by atoms with van der Waals surface area (Å²) in [7, 11) is 1.86. The number of allylic oxidation sites excluding steroid dienone is 2. The molecular weight excluding hydrogens is 301 g/mol. The van der Waals surface area contributed by atoms with E-state index >= 15 is 0 Å². The monoisotopic (exact) mass is 316 g/mol. The Morgan fingerprint density at radius 2 is 2.05 bits per heavy atom. The molecular formula is C15H16ClF3N2. The van der Waals surface area contributed by atoms with Crippen LogP contribution in [0.4, 0.5) is 13.2 Å². The number of rotatable bonds is 4. The minimum atomic E-state index is -4.43. The summed E-state index contributed by atoms with van der Waals surface area (Å²) in [4.78, 5) is 1.95. The molecule has 2 rings (SSSR count). The Bertz CT molecular complexity index is 565. The summed E-state index contributed by atoms with van der Waals surface area (Å²) in [6, 6.07) is 4.03. The van der Waals surface area contributed by atoms with Crippen molar-refractivity contribution < 1.29 is 13.2 Å². The Morgan fingerprint density at radius 3 is 2.67 bits per heavy atom. The first-order valence-electron chi connectivity index (χ1n) is 6.50. The third kappa shape index (κ3) is 4.51. The van der Waals surface area contributed by atoms with Crippen LogP contribution < -0.4 is 5.32 Å². The van der Waals surface area contributed by atoms with E-state index < -0.39 is 11.7 Å². The zero-order chi connectivity index (χ0) is 15.5. The summed E-state index contributed by atoms with van der Waals surface area (Å²) in [5, 5.41) is 2.94. The fourth-order valence-corrected chi connectivity index (χ4v) is 2.38. The molecule has 0 amide bonds. The first-order chi connectivity index (χ1) is 9.86. The van der Waals surface area contributed by atoms with Gasteiger partial charge in [0.25, 0.3) is 0 Å². The maximum Gasteiger partial charge on any atom is 0.417 e. The standard InChI is InChI=1S/C15H16ClF3N2/c1-21(10-12-4-2-3-7-20-12)9-11-5-6-14(16)13(8-11)15(17,18)19/h2-6,8,20H,7,9-10H2,1H3. The number of hydrogen-bond acceptors (Lipinski definition) is 2. The van der Waals surface area contributed by atoms with Crippen LogP contribution in [0.3, 0.4) is 0 Å². The fourth-order valence-electron chi connectivity index (χ4n) is 2.16. The van der Waals surface area contributed by atoms with E-state index in [-0.39, 0.29) is 5.02 Å². The lowest BCUT2D eigenvalue weighted by Crippen LogP contribution is -2.28. The summed E-state index contributed by atoms with van der Waals surface area (Å²) in [5.41, 5.74) is 0.846. The molecule has 0 bridgehead atoms. The van der Waals surface area contributed by atoms with Gasteiger partial charge in [-0.3, -0.25) is 4.90 Å². The summed E-state index contributed by atoms with van der Waals surface area (Å²) < 4.78 is 38.4. The molecule has 0 aromatic heterocycles. The van der Waals surface area contributed by atoms with Crippen molar-refractivity contribution in [3.63, 3.8) is 0 Å². The third-order valence-corrected chi connectivity index (χ3v) is 3.44. The highest BCUT2D eigenvalue weighted by molar-refractivity contribution is 6.31. The fraction of sp³-hybridized carbons (Fsp3) is 0.333. The topological polar surface area (TPSA) is 15.3 Å². The minimum Gasteiger partial charge on any atom is -0.384 e. The molecule has 6 heteroatoms. The van der Waals surface area contributed by atoms with Gasteiger partial charge in [-0.1, -0.05) is 29.8 Å². The molecule has 2 nitrogen and oxygen atoms in total. The molecule has 0 radical (unpaired) electrons. The van der Waals surface area contributed by atoms with Crippen molar-refractivity contribution in [2.75, 3.05) is 20.1 Å². The number of nitrogens with one attached hydrogen (secondary N) is 1. The molecule has 1 N–H and O–H groups in total. The number of dihydropyridines is 1. The number of likely N-dealkylation sites (N-methyl/N-ethyl adjacent to an activating group) is 1. The van der Waals surface area contributed by atoms with Gasteiger partial charge in [0.05, 0.1) is 10.6 Å². The average Bonchev–Trinajstić information content (AvgIpc) is 2.41. The Morgan fingerprint density at radius 1 is 1.29 bits per heavy atom. The van der Waals surface area contributed by atoms with Crippen LogP contribution in [-0.2, 0) is 12.7 Å². The Kier molecular flexibility index (Phi) is 4.96. The molecule has 1 aromatic rings. The van der Waals surface area contributed by atoms with Gasteiger partial charge in [0.1, 0.15) is 0 Å². The lowest BCUT2D eigenvalue weighted by molar-refractivity contribution is -0.137. The summed E-state index contributed by atoms with van der Waals surface area (Å²) in [6.07, 6.45) is 1.49. The van der Waals surface area contributed by atoms with Crippen molar-refractivity contribution in [3.8, 4) is 0 Å². The molecule has 0 spiro atoms. The van der Waals surface area contributed by atoms with E-state index in [2.05, 4.69) is 5.32 Å². The highest BCUT2D eigenvalue weighted by Crippen LogP contribution is 2.35. The number of benzene rings is 1. The number of alkyl halides is 3. The summed E-state index contributed by atoms with van der Waals surface area (Å²) >= 11 is 5.61. The van der Waals surface area contributed by atoms with E-state index in [1.165, 1.54) is 6.07 Å². The van der Waals surface area contributed by atoms with Gasteiger partial charge in [-0.15, -0.1) is 0 Å². The van der Waals surface area contributed by atoms with Crippen molar-refractivity contribution in [1.29, 1.82) is 0 Å². The van der Waals surface area contributed by atoms with Crippen LogP contribution in [0.2, 0.25) is 5.02 Å². The second-order valence-electron chi connectivity index (χ2n) is 4.99. The Hall–Kier alpha value is -1.46. The summed E-state index contributed by atoms with van der Waals surface area (Å²) in [6.45, 7) is 1.84. The molecule has 21 heavy (non-hydrogen) atoms. The van der Waals surface area contributed by atoms with E-state index in [1.54, 1.807) is 6.07 Å². The lowest BCUT2D eigenvalue weighted by atomic mass is 10.1. The molecule has 0 saturated heterocycles. The van der Waals surface area contributed by atoms with Gasteiger partial charge < -0.3 is 5.32 Å². The highest BCUT2D eigenvalue weighted by Gasteiger charge is 2.33.